The Balaban J connectivity index is 1.14. The molecular weight excluding hydrogens is 679 g/mol. The number of allylic oxidation sites excluding steroid dienone is 8. The van der Waals surface area contributed by atoms with Crippen LogP contribution in [0.4, 0.5) is 11.4 Å². The molecule has 0 saturated carbocycles. The lowest BCUT2D eigenvalue weighted by Gasteiger charge is -2.16. The molecule has 268 valence electrons. The maximum atomic E-state index is 6.47. The van der Waals surface area contributed by atoms with E-state index in [0.717, 1.165) is 56.3 Å². The molecule has 0 N–H and O–H groups in total. The van der Waals surface area contributed by atoms with Crippen LogP contribution in [0.25, 0.3) is 50.3 Å². The van der Waals surface area contributed by atoms with Gasteiger partial charge in [-0.25, -0.2) is 0 Å². The number of fused-ring (bicyclic) bond motifs is 1. The van der Waals surface area contributed by atoms with E-state index >= 15 is 0 Å². The van der Waals surface area contributed by atoms with Crippen LogP contribution < -0.4 is 9.31 Å². The Hall–Kier alpha value is -7.29. The van der Waals surface area contributed by atoms with Gasteiger partial charge in [0.2, 0.25) is 11.4 Å². The van der Waals surface area contributed by atoms with Crippen LogP contribution in [0.3, 0.4) is 0 Å². The molecule has 1 aliphatic heterocycles. The molecule has 1 heterocycles. The van der Waals surface area contributed by atoms with Gasteiger partial charge in [0.15, 0.2) is 6.21 Å². The number of para-hydroxylation sites is 1. The summed E-state index contributed by atoms with van der Waals surface area (Å²) in [6.45, 7) is 6.27. The van der Waals surface area contributed by atoms with Gasteiger partial charge in [-0.2, -0.15) is 4.58 Å². The fraction of sp³-hybridized carbons (Fsp3) is 0.0185. The maximum absolute atomic E-state index is 6.47. The smallest absolute Gasteiger partial charge is 0.211 e. The van der Waals surface area contributed by atoms with Crippen LogP contribution in [0.15, 0.2) is 225 Å². The van der Waals surface area contributed by atoms with E-state index in [0.29, 0.717) is 0 Å². The summed E-state index contributed by atoms with van der Waals surface area (Å²) in [5, 5.41) is 0. The lowest BCUT2D eigenvalue weighted by Crippen LogP contribution is -2.05. The zero-order chi connectivity index (χ0) is 38.1. The lowest BCUT2D eigenvalue weighted by atomic mass is 10.00. The van der Waals surface area contributed by atoms with Crippen molar-refractivity contribution in [1.82, 2.24) is 4.58 Å². The highest BCUT2D eigenvalue weighted by Crippen LogP contribution is 2.33. The van der Waals surface area contributed by atoms with Crippen molar-refractivity contribution in [1.29, 1.82) is 0 Å². The molecular formula is C54H42NO+. The second kappa shape index (κ2) is 16.8. The van der Waals surface area contributed by atoms with Gasteiger partial charge in [0, 0.05) is 41.5 Å². The molecule has 0 atom stereocenters. The Bertz CT molecular complexity index is 2600. The van der Waals surface area contributed by atoms with Crippen molar-refractivity contribution in [3.05, 3.63) is 242 Å². The van der Waals surface area contributed by atoms with Gasteiger partial charge in [0.25, 0.3) is 0 Å². The molecule has 2 nitrogen and oxygen atoms in total. The number of rotatable bonds is 9. The Kier molecular flexibility index (Phi) is 10.7. The molecule has 2 heteroatoms. The minimum Gasteiger partial charge on any atom is -0.456 e. The molecule has 0 spiro atoms. The molecule has 1 aliphatic rings. The van der Waals surface area contributed by atoms with Gasteiger partial charge < -0.3 is 4.74 Å². The summed E-state index contributed by atoms with van der Waals surface area (Å²) in [5.74, 6) is 1.57. The highest BCUT2D eigenvalue weighted by Gasteiger charge is 2.17. The number of benzene rings is 7. The summed E-state index contributed by atoms with van der Waals surface area (Å²) < 4.78 is 8.70. The SMILES string of the molecule is C=C1/C=C\C=C(\c2ccc([N+](=C/C=C(\C=C/C)c3ccc(-c4ccccc4)cc3)c3ccc(-c4ccc(-c5ccccc5)cc4)cc3)cc2)Oc2ccccc21. The molecule has 56 heavy (non-hydrogen) atoms. The molecule has 0 amide bonds. The van der Waals surface area contributed by atoms with E-state index in [9.17, 15) is 0 Å². The molecule has 0 unspecified atom stereocenters. The summed E-state index contributed by atoms with van der Waals surface area (Å²) in [5.41, 5.74) is 14.4. The Morgan fingerprint density at radius 1 is 0.518 bits per heavy atom. The average molecular weight is 721 g/mol. The predicted octanol–water partition coefficient (Wildman–Crippen LogP) is 14.3. The van der Waals surface area contributed by atoms with Crippen molar-refractivity contribution in [3.8, 4) is 39.1 Å². The fourth-order valence-corrected chi connectivity index (χ4v) is 6.95. The molecule has 0 fully saturated rings. The summed E-state index contributed by atoms with van der Waals surface area (Å²) in [6, 6.07) is 63.9. The zero-order valence-corrected chi connectivity index (χ0v) is 31.4. The molecule has 0 aromatic heterocycles. The van der Waals surface area contributed by atoms with Gasteiger partial charge in [0.05, 0.1) is 0 Å². The van der Waals surface area contributed by atoms with Crippen molar-refractivity contribution in [2.45, 2.75) is 6.92 Å². The monoisotopic (exact) mass is 720 g/mol. The third-order valence-electron chi connectivity index (χ3n) is 9.97. The van der Waals surface area contributed by atoms with E-state index in [1.807, 2.05) is 54.6 Å². The second-order valence-corrected chi connectivity index (χ2v) is 13.6. The van der Waals surface area contributed by atoms with E-state index in [1.165, 1.54) is 27.8 Å². The average Bonchev–Trinajstić information content (AvgIpc) is 3.26. The fourth-order valence-electron chi connectivity index (χ4n) is 6.95. The van der Waals surface area contributed by atoms with Crippen LogP contribution in [0.5, 0.6) is 5.75 Å². The molecule has 7 aromatic carbocycles. The highest BCUT2D eigenvalue weighted by molar-refractivity contribution is 5.92. The molecule has 0 radical (unpaired) electrons. The van der Waals surface area contributed by atoms with Gasteiger partial charge in [-0.3, -0.25) is 0 Å². The minimum atomic E-state index is 0.778. The molecule has 0 aliphatic carbocycles. The van der Waals surface area contributed by atoms with E-state index in [-0.39, 0.29) is 0 Å². The van der Waals surface area contributed by atoms with Gasteiger partial charge in [-0.05, 0) is 93.4 Å². The van der Waals surface area contributed by atoms with E-state index in [4.69, 9.17) is 4.74 Å². The quantitative estimate of drug-likeness (QED) is 0.0821. The first-order valence-corrected chi connectivity index (χ1v) is 19.0. The summed E-state index contributed by atoms with van der Waals surface area (Å²) in [7, 11) is 0. The maximum Gasteiger partial charge on any atom is 0.211 e. The van der Waals surface area contributed by atoms with Crippen molar-refractivity contribution in [3.63, 3.8) is 0 Å². The molecule has 0 bridgehead atoms. The third kappa shape index (κ3) is 8.11. The van der Waals surface area contributed by atoms with Gasteiger partial charge in [-0.15, -0.1) is 0 Å². The van der Waals surface area contributed by atoms with Crippen molar-refractivity contribution in [2.24, 2.45) is 0 Å². The van der Waals surface area contributed by atoms with Gasteiger partial charge in [0.1, 0.15) is 11.5 Å². The Labute approximate surface area is 330 Å². The number of nitrogens with zero attached hydrogens (tertiary/aromatic N) is 1. The molecule has 0 saturated heterocycles. The topological polar surface area (TPSA) is 12.2 Å². The van der Waals surface area contributed by atoms with Crippen molar-refractivity contribution >= 4 is 34.5 Å². The van der Waals surface area contributed by atoms with Crippen LogP contribution in [-0.2, 0) is 0 Å². The van der Waals surface area contributed by atoms with Crippen LogP contribution in [0.1, 0.15) is 23.6 Å². The first-order chi connectivity index (χ1) is 27.6. The van der Waals surface area contributed by atoms with Crippen molar-refractivity contribution < 1.29 is 4.74 Å². The summed E-state index contributed by atoms with van der Waals surface area (Å²) >= 11 is 0. The van der Waals surface area contributed by atoms with Crippen LogP contribution in [0, 0.1) is 0 Å². The first-order valence-electron chi connectivity index (χ1n) is 19.0. The second-order valence-electron chi connectivity index (χ2n) is 13.6. The summed E-state index contributed by atoms with van der Waals surface area (Å²) in [4.78, 5) is 0. The Morgan fingerprint density at radius 3 is 1.54 bits per heavy atom. The number of hydrogen-bond donors (Lipinski definition) is 0. The largest absolute Gasteiger partial charge is 0.456 e. The number of hydrogen-bond acceptors (Lipinski definition) is 1. The normalized spacial score (nSPS) is 14.6. The molecule has 8 rings (SSSR count). The van der Waals surface area contributed by atoms with Crippen LogP contribution in [0.2, 0.25) is 0 Å². The third-order valence-corrected chi connectivity index (χ3v) is 9.97. The van der Waals surface area contributed by atoms with Crippen molar-refractivity contribution in [2.75, 3.05) is 0 Å². The number of ether oxygens (including phenoxy) is 1. The van der Waals surface area contributed by atoms with E-state index < -0.39 is 0 Å². The lowest BCUT2D eigenvalue weighted by molar-refractivity contribution is 0.513. The standard InChI is InChI=1S/C54H42NO/c1-3-13-41(44-22-24-45(25-23-44)42-15-6-4-7-16-42)38-39-55(50-34-30-48(31-35-50)47-28-26-46(27-29-47)43-17-8-5-9-18-43)51-36-32-49(33-37-51)53-21-12-14-40(2)52-19-10-11-20-54(52)56-53/h3-39H,2H2,1H3/q+1/b13-3-,14-12-,41-38+,53-21-,55-39?. The zero-order valence-electron chi connectivity index (χ0n) is 31.4. The first kappa shape index (κ1) is 35.7. The molecule has 7 aromatic rings. The van der Waals surface area contributed by atoms with Crippen LogP contribution in [-0.4, -0.2) is 6.21 Å². The Morgan fingerprint density at radius 2 is 0.982 bits per heavy atom. The van der Waals surface area contributed by atoms with E-state index in [2.05, 4.69) is 188 Å². The van der Waals surface area contributed by atoms with Gasteiger partial charge >= 0.3 is 0 Å². The van der Waals surface area contributed by atoms with E-state index in [1.54, 1.807) is 0 Å². The summed E-state index contributed by atoms with van der Waals surface area (Å²) in [6.07, 6.45) is 14.6. The van der Waals surface area contributed by atoms with Gasteiger partial charge in [-0.1, -0.05) is 158 Å². The predicted molar refractivity (Wildman–Crippen MR) is 239 cm³/mol. The highest BCUT2D eigenvalue weighted by atomic mass is 16.5. The van der Waals surface area contributed by atoms with Crippen LogP contribution >= 0.6 is 0 Å². The minimum absolute atomic E-state index is 0.778.